The Morgan fingerprint density at radius 2 is 2.00 bits per heavy atom. The topological polar surface area (TPSA) is 70.1 Å². The lowest BCUT2D eigenvalue weighted by Gasteiger charge is -2.40. The van der Waals surface area contributed by atoms with Crippen molar-refractivity contribution in [1.82, 2.24) is 4.90 Å². The van der Waals surface area contributed by atoms with Crippen LogP contribution in [-0.2, 0) is 9.53 Å². The lowest BCUT2D eigenvalue weighted by Crippen LogP contribution is -2.55. The van der Waals surface area contributed by atoms with Crippen molar-refractivity contribution < 1.29 is 19.4 Å². The molecule has 0 radical (unpaired) electrons. The summed E-state index contributed by atoms with van der Waals surface area (Å²) in [5.41, 5.74) is 1.02. The van der Waals surface area contributed by atoms with Crippen LogP contribution in [0.1, 0.15) is 13.3 Å². The van der Waals surface area contributed by atoms with E-state index in [0.29, 0.717) is 26.2 Å². The zero-order valence-corrected chi connectivity index (χ0v) is 14.0. The summed E-state index contributed by atoms with van der Waals surface area (Å²) < 4.78 is 5.94. The number of benzene rings is 1. The molecule has 0 spiro atoms. The van der Waals surface area contributed by atoms with Gasteiger partial charge in [-0.1, -0.05) is 15.9 Å². The number of esters is 1. The highest BCUT2D eigenvalue weighted by Gasteiger charge is 2.32. The molecule has 1 heterocycles. The van der Waals surface area contributed by atoms with E-state index in [0.717, 1.165) is 10.2 Å². The standard InChI is InChI=1S/C15H19BrN2O4/c1-2-22-14(19)9-13-10-17(7-8-18(13)15(20)21)12-5-3-11(16)4-6-12/h3-6,13H,2,7-10H2,1H3,(H,20,21). The van der Waals surface area contributed by atoms with Gasteiger partial charge in [0, 0.05) is 29.8 Å². The van der Waals surface area contributed by atoms with Crippen molar-refractivity contribution in [1.29, 1.82) is 0 Å². The van der Waals surface area contributed by atoms with Crippen LogP contribution in [0.2, 0.25) is 0 Å². The van der Waals surface area contributed by atoms with E-state index < -0.39 is 12.1 Å². The molecule has 1 atom stereocenters. The maximum atomic E-state index is 11.7. The first-order valence-corrected chi connectivity index (χ1v) is 7.96. The Morgan fingerprint density at radius 1 is 1.32 bits per heavy atom. The third-order valence-electron chi connectivity index (χ3n) is 3.63. The van der Waals surface area contributed by atoms with Gasteiger partial charge in [-0.15, -0.1) is 0 Å². The fourth-order valence-electron chi connectivity index (χ4n) is 2.58. The maximum absolute atomic E-state index is 11.7. The van der Waals surface area contributed by atoms with E-state index in [1.165, 1.54) is 4.90 Å². The molecule has 7 heteroatoms. The van der Waals surface area contributed by atoms with Crippen molar-refractivity contribution in [3.8, 4) is 0 Å². The normalized spacial score (nSPS) is 18.2. The minimum Gasteiger partial charge on any atom is -0.466 e. The molecule has 1 aliphatic rings. The molecule has 1 aromatic carbocycles. The van der Waals surface area contributed by atoms with Crippen molar-refractivity contribution in [3.05, 3.63) is 28.7 Å². The van der Waals surface area contributed by atoms with Crippen molar-refractivity contribution in [2.24, 2.45) is 0 Å². The van der Waals surface area contributed by atoms with E-state index in [1.807, 2.05) is 24.3 Å². The second-order valence-electron chi connectivity index (χ2n) is 5.06. The van der Waals surface area contributed by atoms with Crippen LogP contribution >= 0.6 is 15.9 Å². The van der Waals surface area contributed by atoms with E-state index in [2.05, 4.69) is 20.8 Å². The number of amides is 1. The molecule has 120 valence electrons. The summed E-state index contributed by atoms with van der Waals surface area (Å²) in [6, 6.07) is 7.44. The lowest BCUT2D eigenvalue weighted by atomic mass is 10.1. The van der Waals surface area contributed by atoms with E-state index in [4.69, 9.17) is 4.74 Å². The first-order chi connectivity index (χ1) is 10.5. The van der Waals surface area contributed by atoms with Gasteiger partial charge in [0.2, 0.25) is 0 Å². The van der Waals surface area contributed by atoms with E-state index >= 15 is 0 Å². The molecule has 6 nitrogen and oxygen atoms in total. The fourth-order valence-corrected chi connectivity index (χ4v) is 2.84. The zero-order valence-electron chi connectivity index (χ0n) is 12.4. The third-order valence-corrected chi connectivity index (χ3v) is 4.16. The molecule has 1 N–H and O–H groups in total. The molecule has 1 aromatic rings. The van der Waals surface area contributed by atoms with Crippen LogP contribution in [-0.4, -0.2) is 54.4 Å². The number of hydrogen-bond acceptors (Lipinski definition) is 4. The summed E-state index contributed by atoms with van der Waals surface area (Å²) in [6.07, 6.45) is -0.919. The van der Waals surface area contributed by atoms with Crippen molar-refractivity contribution in [3.63, 3.8) is 0 Å². The maximum Gasteiger partial charge on any atom is 0.407 e. The van der Waals surface area contributed by atoms with Gasteiger partial charge in [-0.05, 0) is 31.2 Å². The van der Waals surface area contributed by atoms with Crippen LogP contribution in [0.3, 0.4) is 0 Å². The molecule has 1 fully saturated rings. The Hall–Kier alpha value is -1.76. The van der Waals surface area contributed by atoms with Gasteiger partial charge in [-0.2, -0.15) is 0 Å². The van der Waals surface area contributed by atoms with Gasteiger partial charge in [-0.25, -0.2) is 4.79 Å². The number of ether oxygens (including phenoxy) is 1. The summed E-state index contributed by atoms with van der Waals surface area (Å²) in [6.45, 7) is 3.49. The van der Waals surface area contributed by atoms with E-state index in [9.17, 15) is 14.7 Å². The number of nitrogens with zero attached hydrogens (tertiary/aromatic N) is 2. The number of hydrogen-bond donors (Lipinski definition) is 1. The van der Waals surface area contributed by atoms with Crippen LogP contribution in [0.5, 0.6) is 0 Å². The number of piperazine rings is 1. The Morgan fingerprint density at radius 3 is 2.59 bits per heavy atom. The molecule has 1 saturated heterocycles. The summed E-state index contributed by atoms with van der Waals surface area (Å²) in [5, 5.41) is 9.29. The molecule has 1 aliphatic heterocycles. The molecule has 0 aromatic heterocycles. The van der Waals surface area contributed by atoms with Crippen molar-refractivity contribution in [2.75, 3.05) is 31.1 Å². The van der Waals surface area contributed by atoms with Gasteiger partial charge in [0.25, 0.3) is 0 Å². The number of carbonyl (C=O) groups is 2. The Bertz CT molecular complexity index is 535. The Balaban J connectivity index is 2.09. The SMILES string of the molecule is CCOC(=O)CC1CN(c2ccc(Br)cc2)CCN1C(=O)O. The lowest BCUT2D eigenvalue weighted by molar-refractivity contribution is -0.144. The predicted molar refractivity (Wildman–Crippen MR) is 86.1 cm³/mol. The summed E-state index contributed by atoms with van der Waals surface area (Å²) in [4.78, 5) is 26.5. The summed E-state index contributed by atoms with van der Waals surface area (Å²) in [7, 11) is 0. The van der Waals surface area contributed by atoms with Gasteiger partial charge < -0.3 is 19.6 Å². The smallest absolute Gasteiger partial charge is 0.407 e. The second-order valence-corrected chi connectivity index (χ2v) is 5.98. The number of halogens is 1. The van der Waals surface area contributed by atoms with Crippen LogP contribution in [0.4, 0.5) is 10.5 Å². The molecule has 2 rings (SSSR count). The van der Waals surface area contributed by atoms with Crippen LogP contribution in [0.15, 0.2) is 28.7 Å². The molecule has 0 aliphatic carbocycles. The fraction of sp³-hybridized carbons (Fsp3) is 0.467. The van der Waals surface area contributed by atoms with Gasteiger partial charge in [0.1, 0.15) is 0 Å². The monoisotopic (exact) mass is 370 g/mol. The molecule has 0 saturated carbocycles. The molecule has 1 amide bonds. The average molecular weight is 371 g/mol. The molecule has 0 bridgehead atoms. The van der Waals surface area contributed by atoms with Crippen LogP contribution < -0.4 is 4.90 Å². The van der Waals surface area contributed by atoms with Gasteiger partial charge in [-0.3, -0.25) is 4.79 Å². The van der Waals surface area contributed by atoms with Crippen molar-refractivity contribution in [2.45, 2.75) is 19.4 Å². The van der Waals surface area contributed by atoms with Gasteiger partial charge >= 0.3 is 12.1 Å². The summed E-state index contributed by atoms with van der Waals surface area (Å²) in [5.74, 6) is -0.364. The number of carboxylic acid groups (broad SMARTS) is 1. The van der Waals surface area contributed by atoms with E-state index in [1.54, 1.807) is 6.92 Å². The highest BCUT2D eigenvalue weighted by Crippen LogP contribution is 2.23. The molecule has 1 unspecified atom stereocenters. The number of anilines is 1. The zero-order chi connectivity index (χ0) is 16.1. The summed E-state index contributed by atoms with van der Waals surface area (Å²) >= 11 is 3.39. The molecule has 22 heavy (non-hydrogen) atoms. The average Bonchev–Trinajstić information content (AvgIpc) is 2.48. The Labute approximate surface area is 137 Å². The molecular formula is C15H19BrN2O4. The van der Waals surface area contributed by atoms with E-state index in [-0.39, 0.29) is 12.4 Å². The van der Waals surface area contributed by atoms with Crippen LogP contribution in [0, 0.1) is 0 Å². The number of rotatable bonds is 4. The number of carbonyl (C=O) groups excluding carboxylic acids is 1. The minimum absolute atomic E-state index is 0.0766. The third kappa shape index (κ3) is 4.13. The first-order valence-electron chi connectivity index (χ1n) is 7.17. The minimum atomic E-state index is -0.996. The van der Waals surface area contributed by atoms with Crippen molar-refractivity contribution >= 4 is 33.7 Å². The van der Waals surface area contributed by atoms with Crippen LogP contribution in [0.25, 0.3) is 0 Å². The first kappa shape index (κ1) is 16.6. The van der Waals surface area contributed by atoms with Gasteiger partial charge in [0.15, 0.2) is 0 Å². The van der Waals surface area contributed by atoms with Gasteiger partial charge in [0.05, 0.1) is 19.1 Å². The highest BCUT2D eigenvalue weighted by atomic mass is 79.9. The second kappa shape index (κ2) is 7.49. The molecular weight excluding hydrogens is 352 g/mol. The largest absolute Gasteiger partial charge is 0.466 e. The highest BCUT2D eigenvalue weighted by molar-refractivity contribution is 9.10. The Kier molecular flexibility index (Phi) is 5.65. The predicted octanol–water partition coefficient (Wildman–Crippen LogP) is 2.57. The quantitative estimate of drug-likeness (QED) is 0.824.